The van der Waals surface area contributed by atoms with Crippen molar-refractivity contribution >= 4 is 27.7 Å². The van der Waals surface area contributed by atoms with Crippen LogP contribution in [0.4, 0.5) is 10.1 Å². The van der Waals surface area contributed by atoms with Crippen LogP contribution in [-0.2, 0) is 32.8 Å². The molecule has 3 aromatic rings. The number of carbonyl (C=O) groups is 2. The summed E-state index contributed by atoms with van der Waals surface area (Å²) in [5.41, 5.74) is 2.30. The molecule has 39 heavy (non-hydrogen) atoms. The molecule has 3 rings (SSSR count). The van der Waals surface area contributed by atoms with E-state index in [-0.39, 0.29) is 24.6 Å². The van der Waals surface area contributed by atoms with Crippen molar-refractivity contribution in [2.45, 2.75) is 32.9 Å². The number of nitrogens with zero attached hydrogens (tertiary/aromatic N) is 3. The molecule has 10 heteroatoms. The Kier molecular flexibility index (Phi) is 10.2. The van der Waals surface area contributed by atoms with E-state index in [2.05, 4.69) is 5.32 Å². The Labute approximate surface area is 230 Å². The normalized spacial score (nSPS) is 12.2. The molecular weight excluding hydrogens is 519 g/mol. The van der Waals surface area contributed by atoms with Gasteiger partial charge in [0.15, 0.2) is 0 Å². The summed E-state index contributed by atoms with van der Waals surface area (Å²) < 4.78 is 43.1. The van der Waals surface area contributed by atoms with Gasteiger partial charge in [0, 0.05) is 33.6 Å². The number of amides is 2. The maximum Gasteiger partial charge on any atom is 0.304 e. The average Bonchev–Trinajstić information content (AvgIpc) is 2.91. The van der Waals surface area contributed by atoms with Crippen LogP contribution in [0.25, 0.3) is 0 Å². The van der Waals surface area contributed by atoms with Gasteiger partial charge in [-0.2, -0.15) is 12.7 Å². The largest absolute Gasteiger partial charge is 0.355 e. The number of aryl methyl sites for hydroxylation is 1. The molecule has 0 aliphatic heterocycles. The highest BCUT2D eigenvalue weighted by atomic mass is 32.2. The number of anilines is 1. The van der Waals surface area contributed by atoms with Crippen LogP contribution in [0.1, 0.15) is 23.6 Å². The predicted octanol–water partition coefficient (Wildman–Crippen LogP) is 3.52. The second kappa shape index (κ2) is 13.3. The second-order valence-corrected chi connectivity index (χ2v) is 11.4. The predicted molar refractivity (Wildman–Crippen MR) is 151 cm³/mol. The molecule has 0 heterocycles. The molecular formula is C29H35FN4O4S. The molecule has 0 aliphatic carbocycles. The first-order valence-corrected chi connectivity index (χ1v) is 14.1. The summed E-state index contributed by atoms with van der Waals surface area (Å²) in [6, 6.07) is 21.2. The maximum absolute atomic E-state index is 14.8. The lowest BCUT2D eigenvalue weighted by molar-refractivity contribution is -0.140. The van der Waals surface area contributed by atoms with Crippen LogP contribution >= 0.6 is 0 Å². The Morgan fingerprint density at radius 2 is 1.54 bits per heavy atom. The molecule has 0 unspecified atom stereocenters. The highest BCUT2D eigenvalue weighted by Gasteiger charge is 2.35. The number of nitrogens with one attached hydrogen (secondary N) is 1. The molecule has 1 atom stereocenters. The SMILES string of the molecule is CCNC(=O)[C@H](Cc1ccccc1)N(Cc1ccccc1C)C(=O)CN(c1ccccc1F)S(=O)(=O)N(C)C. The van der Waals surface area contributed by atoms with E-state index in [0.717, 1.165) is 31.4 Å². The molecule has 0 fully saturated rings. The standard InChI is InChI=1S/C29H35FN4O4S/c1-5-31-29(36)27(19-23-14-7-6-8-15-23)33(20-24-16-10-9-13-22(24)2)28(35)21-34(39(37,38)32(3)4)26-18-12-11-17-25(26)30/h6-18,27H,5,19-21H2,1-4H3,(H,31,36)/t27-/m0/s1. The van der Waals surface area contributed by atoms with E-state index in [1.807, 2.05) is 61.5 Å². The summed E-state index contributed by atoms with van der Waals surface area (Å²) in [7, 11) is -1.64. The van der Waals surface area contributed by atoms with Gasteiger partial charge in [0.1, 0.15) is 18.4 Å². The lowest BCUT2D eigenvalue weighted by Gasteiger charge is -2.34. The van der Waals surface area contributed by atoms with Gasteiger partial charge in [-0.3, -0.25) is 9.59 Å². The number of para-hydroxylation sites is 1. The first-order valence-electron chi connectivity index (χ1n) is 12.7. The van der Waals surface area contributed by atoms with E-state index in [4.69, 9.17) is 0 Å². The number of hydrogen-bond acceptors (Lipinski definition) is 4. The fourth-order valence-electron chi connectivity index (χ4n) is 4.17. The van der Waals surface area contributed by atoms with Crippen LogP contribution in [0, 0.1) is 12.7 Å². The summed E-state index contributed by atoms with van der Waals surface area (Å²) in [4.78, 5) is 28.8. The third-order valence-corrected chi connectivity index (χ3v) is 8.17. The number of likely N-dealkylation sites (N-methyl/N-ethyl adjacent to an activating group) is 1. The summed E-state index contributed by atoms with van der Waals surface area (Å²) in [5, 5.41) is 2.81. The van der Waals surface area contributed by atoms with Gasteiger partial charge < -0.3 is 10.2 Å². The van der Waals surface area contributed by atoms with Gasteiger partial charge in [0.25, 0.3) is 0 Å². The van der Waals surface area contributed by atoms with Crippen LogP contribution < -0.4 is 9.62 Å². The molecule has 8 nitrogen and oxygen atoms in total. The lowest BCUT2D eigenvalue weighted by Crippen LogP contribution is -2.54. The third kappa shape index (κ3) is 7.42. The Hall–Kier alpha value is -3.76. The average molecular weight is 555 g/mol. The van der Waals surface area contributed by atoms with Gasteiger partial charge in [-0.1, -0.05) is 66.7 Å². The smallest absolute Gasteiger partial charge is 0.304 e. The Balaban J connectivity index is 2.10. The van der Waals surface area contributed by atoms with E-state index in [1.165, 1.54) is 37.2 Å². The van der Waals surface area contributed by atoms with Crippen molar-refractivity contribution in [3.63, 3.8) is 0 Å². The minimum absolute atomic E-state index is 0.0628. The highest BCUT2D eigenvalue weighted by molar-refractivity contribution is 7.90. The summed E-state index contributed by atoms with van der Waals surface area (Å²) in [5.74, 6) is -1.79. The van der Waals surface area contributed by atoms with Crippen molar-refractivity contribution in [3.05, 3.63) is 101 Å². The zero-order valence-corrected chi connectivity index (χ0v) is 23.5. The quantitative estimate of drug-likeness (QED) is 0.371. The zero-order chi connectivity index (χ0) is 28.6. The minimum atomic E-state index is -4.26. The Bertz CT molecular complexity index is 1380. The van der Waals surface area contributed by atoms with E-state index in [9.17, 15) is 22.4 Å². The molecule has 0 saturated carbocycles. The Morgan fingerprint density at radius 3 is 2.15 bits per heavy atom. The van der Waals surface area contributed by atoms with Gasteiger partial charge in [-0.05, 0) is 42.7 Å². The van der Waals surface area contributed by atoms with Crippen LogP contribution in [0.5, 0.6) is 0 Å². The number of hydrogen-bond donors (Lipinski definition) is 1. The second-order valence-electron chi connectivity index (χ2n) is 9.30. The van der Waals surface area contributed by atoms with Crippen LogP contribution in [-0.4, -0.2) is 62.7 Å². The van der Waals surface area contributed by atoms with Gasteiger partial charge in [0.05, 0.1) is 5.69 Å². The van der Waals surface area contributed by atoms with Crippen molar-refractivity contribution in [2.75, 3.05) is 31.5 Å². The number of rotatable bonds is 12. The van der Waals surface area contributed by atoms with Crippen molar-refractivity contribution < 1.29 is 22.4 Å². The van der Waals surface area contributed by atoms with Gasteiger partial charge in [-0.25, -0.2) is 8.70 Å². The van der Waals surface area contributed by atoms with Crippen LogP contribution in [0.3, 0.4) is 0 Å². The first-order chi connectivity index (χ1) is 18.6. The first kappa shape index (κ1) is 29.8. The molecule has 3 aromatic carbocycles. The summed E-state index contributed by atoms with van der Waals surface area (Å²) in [6.45, 7) is 3.41. The molecule has 208 valence electrons. The molecule has 0 radical (unpaired) electrons. The fraction of sp³-hybridized carbons (Fsp3) is 0.310. The molecule has 0 aromatic heterocycles. The summed E-state index contributed by atoms with van der Waals surface area (Å²) >= 11 is 0. The van der Waals surface area contributed by atoms with E-state index < -0.39 is 34.5 Å². The minimum Gasteiger partial charge on any atom is -0.355 e. The molecule has 0 bridgehead atoms. The van der Waals surface area contributed by atoms with Gasteiger partial charge in [-0.15, -0.1) is 0 Å². The molecule has 0 spiro atoms. The molecule has 0 saturated heterocycles. The van der Waals surface area contributed by atoms with E-state index >= 15 is 0 Å². The Morgan fingerprint density at radius 1 is 0.923 bits per heavy atom. The van der Waals surface area contributed by atoms with Gasteiger partial charge >= 0.3 is 10.2 Å². The molecule has 0 aliphatic rings. The van der Waals surface area contributed by atoms with E-state index in [1.54, 1.807) is 6.92 Å². The molecule has 1 N–H and O–H groups in total. The molecule has 2 amide bonds. The van der Waals surface area contributed by atoms with Crippen molar-refractivity contribution in [1.29, 1.82) is 0 Å². The highest BCUT2D eigenvalue weighted by Crippen LogP contribution is 2.24. The summed E-state index contributed by atoms with van der Waals surface area (Å²) in [6.07, 6.45) is 0.213. The number of benzene rings is 3. The topological polar surface area (TPSA) is 90.0 Å². The van der Waals surface area contributed by atoms with Crippen molar-refractivity contribution in [3.8, 4) is 0 Å². The number of halogens is 1. The third-order valence-electron chi connectivity index (χ3n) is 6.36. The fourth-order valence-corrected chi connectivity index (χ4v) is 5.24. The monoisotopic (exact) mass is 554 g/mol. The van der Waals surface area contributed by atoms with Gasteiger partial charge in [0.2, 0.25) is 11.8 Å². The number of carbonyl (C=O) groups excluding carboxylic acids is 2. The van der Waals surface area contributed by atoms with E-state index in [0.29, 0.717) is 6.54 Å². The maximum atomic E-state index is 14.8. The van der Waals surface area contributed by atoms with Crippen LogP contribution in [0.2, 0.25) is 0 Å². The van der Waals surface area contributed by atoms with Crippen LogP contribution in [0.15, 0.2) is 78.9 Å². The lowest BCUT2D eigenvalue weighted by atomic mass is 10.0. The van der Waals surface area contributed by atoms with Crippen molar-refractivity contribution in [1.82, 2.24) is 14.5 Å². The van der Waals surface area contributed by atoms with Crippen molar-refractivity contribution in [2.24, 2.45) is 0 Å². The zero-order valence-electron chi connectivity index (χ0n) is 22.7.